The Hall–Kier alpha value is -1.23. The molecule has 0 spiro atoms. The number of carboxylic acids is 1. The number of halogens is 2. The van der Waals surface area contributed by atoms with Crippen LogP contribution < -0.4 is 4.74 Å². The number of fused-ring (bicyclic) bond motifs is 1. The van der Waals surface area contributed by atoms with Gasteiger partial charge in [-0.2, -0.15) is 0 Å². The lowest BCUT2D eigenvalue weighted by molar-refractivity contribution is -0.144. The Bertz CT molecular complexity index is 630. The van der Waals surface area contributed by atoms with Gasteiger partial charge in [0.15, 0.2) is 0 Å². The second kappa shape index (κ2) is 6.49. The van der Waals surface area contributed by atoms with Crippen LogP contribution in [0.15, 0.2) is 17.7 Å². The Kier molecular flexibility index (Phi) is 4.62. The van der Waals surface area contributed by atoms with Crippen molar-refractivity contribution in [1.29, 1.82) is 0 Å². The zero-order chi connectivity index (χ0) is 15.7. The topological polar surface area (TPSA) is 49.8 Å². The zero-order valence-electron chi connectivity index (χ0n) is 12.0. The lowest BCUT2D eigenvalue weighted by Crippen LogP contribution is -2.45. The van der Waals surface area contributed by atoms with Gasteiger partial charge in [-0.05, 0) is 43.2 Å². The third-order valence-electron chi connectivity index (χ3n) is 4.10. The Balaban J connectivity index is 1.81. The average Bonchev–Trinajstić information content (AvgIpc) is 2.47. The standard InChI is InChI=1S/C16H17Cl2NO3/c17-12-6-11-5-10(9-22-15(11)13(18)7-12)8-19-4-2-1-3-14(19)16(20)21/h5-7,14H,1-4,8-9H2,(H,20,21). The zero-order valence-corrected chi connectivity index (χ0v) is 13.5. The minimum atomic E-state index is -0.747. The van der Waals surface area contributed by atoms with Gasteiger partial charge in [-0.1, -0.05) is 29.6 Å². The number of hydrogen-bond acceptors (Lipinski definition) is 3. The number of carboxylic acid groups (broad SMARTS) is 1. The number of piperidine rings is 1. The van der Waals surface area contributed by atoms with Crippen molar-refractivity contribution in [3.8, 4) is 5.75 Å². The van der Waals surface area contributed by atoms with Gasteiger partial charge in [0.25, 0.3) is 0 Å². The minimum absolute atomic E-state index is 0.404. The predicted octanol–water partition coefficient (Wildman–Crippen LogP) is 3.71. The number of hydrogen-bond donors (Lipinski definition) is 1. The molecule has 1 aromatic rings. The van der Waals surface area contributed by atoms with E-state index in [1.165, 1.54) is 0 Å². The predicted molar refractivity (Wildman–Crippen MR) is 86.8 cm³/mol. The summed E-state index contributed by atoms with van der Waals surface area (Å²) >= 11 is 12.2. The van der Waals surface area contributed by atoms with Crippen LogP contribution in [0.3, 0.4) is 0 Å². The van der Waals surface area contributed by atoms with Crippen molar-refractivity contribution in [3.63, 3.8) is 0 Å². The lowest BCUT2D eigenvalue weighted by Gasteiger charge is -2.34. The van der Waals surface area contributed by atoms with Gasteiger partial charge in [0.05, 0.1) is 5.02 Å². The highest BCUT2D eigenvalue weighted by Crippen LogP contribution is 2.36. The molecule has 22 heavy (non-hydrogen) atoms. The molecule has 1 fully saturated rings. The van der Waals surface area contributed by atoms with Crippen LogP contribution in [0.25, 0.3) is 6.08 Å². The number of aliphatic carboxylic acids is 1. The quantitative estimate of drug-likeness (QED) is 0.910. The SMILES string of the molecule is O=C(O)C1CCCCN1CC1=Cc2cc(Cl)cc(Cl)c2OC1. The third kappa shape index (κ3) is 3.24. The molecular formula is C16H17Cl2NO3. The molecule has 0 radical (unpaired) electrons. The van der Waals surface area contributed by atoms with Gasteiger partial charge in [0, 0.05) is 17.1 Å². The smallest absolute Gasteiger partial charge is 0.320 e. The monoisotopic (exact) mass is 341 g/mol. The van der Waals surface area contributed by atoms with Gasteiger partial charge in [-0.25, -0.2) is 0 Å². The van der Waals surface area contributed by atoms with Crippen LogP contribution in [0.4, 0.5) is 0 Å². The molecule has 0 amide bonds. The van der Waals surface area contributed by atoms with Crippen molar-refractivity contribution in [3.05, 3.63) is 33.3 Å². The minimum Gasteiger partial charge on any atom is -0.487 e. The Morgan fingerprint density at radius 3 is 2.95 bits per heavy atom. The van der Waals surface area contributed by atoms with E-state index < -0.39 is 12.0 Å². The second-order valence-electron chi connectivity index (χ2n) is 5.72. The first kappa shape index (κ1) is 15.7. The molecule has 1 saturated heterocycles. The molecule has 1 unspecified atom stereocenters. The van der Waals surface area contributed by atoms with Gasteiger partial charge in [-0.15, -0.1) is 0 Å². The largest absolute Gasteiger partial charge is 0.487 e. The average molecular weight is 342 g/mol. The van der Waals surface area contributed by atoms with Crippen molar-refractivity contribution in [2.45, 2.75) is 25.3 Å². The van der Waals surface area contributed by atoms with Crippen LogP contribution in [-0.2, 0) is 4.79 Å². The summed E-state index contributed by atoms with van der Waals surface area (Å²) in [5.74, 6) is -0.105. The lowest BCUT2D eigenvalue weighted by atomic mass is 10.00. The molecular weight excluding hydrogens is 325 g/mol. The highest BCUT2D eigenvalue weighted by Gasteiger charge is 2.29. The van der Waals surface area contributed by atoms with Crippen LogP contribution in [-0.4, -0.2) is 41.7 Å². The molecule has 0 aliphatic carbocycles. The maximum atomic E-state index is 11.4. The highest BCUT2D eigenvalue weighted by atomic mass is 35.5. The van der Waals surface area contributed by atoms with E-state index in [2.05, 4.69) is 0 Å². The number of benzene rings is 1. The van der Waals surface area contributed by atoms with Gasteiger partial charge >= 0.3 is 5.97 Å². The van der Waals surface area contributed by atoms with Crippen LogP contribution >= 0.6 is 23.2 Å². The van der Waals surface area contributed by atoms with E-state index in [0.717, 1.165) is 30.5 Å². The third-order valence-corrected chi connectivity index (χ3v) is 4.60. The molecule has 3 rings (SSSR count). The molecule has 6 heteroatoms. The van der Waals surface area contributed by atoms with Gasteiger partial charge in [0.1, 0.15) is 18.4 Å². The van der Waals surface area contributed by atoms with E-state index >= 15 is 0 Å². The first-order chi connectivity index (χ1) is 10.5. The van der Waals surface area contributed by atoms with E-state index in [0.29, 0.717) is 35.4 Å². The number of rotatable bonds is 3. The first-order valence-electron chi connectivity index (χ1n) is 7.33. The number of ether oxygens (including phenoxy) is 1. The van der Waals surface area contributed by atoms with Gasteiger partial charge in [-0.3, -0.25) is 9.69 Å². The van der Waals surface area contributed by atoms with Crippen molar-refractivity contribution >= 4 is 35.2 Å². The summed E-state index contributed by atoms with van der Waals surface area (Å²) in [6.45, 7) is 1.83. The Morgan fingerprint density at radius 1 is 1.36 bits per heavy atom. The maximum Gasteiger partial charge on any atom is 0.320 e. The summed E-state index contributed by atoms with van der Waals surface area (Å²) in [6, 6.07) is 3.07. The molecule has 0 bridgehead atoms. The summed E-state index contributed by atoms with van der Waals surface area (Å²) in [4.78, 5) is 13.4. The molecule has 1 N–H and O–H groups in total. The molecule has 1 atom stereocenters. The van der Waals surface area contributed by atoms with Crippen LogP contribution in [0.2, 0.25) is 10.0 Å². The van der Waals surface area contributed by atoms with Crippen molar-refractivity contribution in [1.82, 2.24) is 4.90 Å². The summed E-state index contributed by atoms with van der Waals surface area (Å²) in [5, 5.41) is 10.4. The molecule has 0 aromatic heterocycles. The van der Waals surface area contributed by atoms with E-state index in [9.17, 15) is 9.90 Å². The number of likely N-dealkylation sites (tertiary alicyclic amines) is 1. The summed E-state index contributed by atoms with van der Waals surface area (Å²) in [5.41, 5.74) is 1.89. The van der Waals surface area contributed by atoms with Crippen molar-refractivity contribution in [2.24, 2.45) is 0 Å². The fraction of sp³-hybridized carbons (Fsp3) is 0.438. The fourth-order valence-electron chi connectivity index (χ4n) is 3.08. The van der Waals surface area contributed by atoms with Crippen LogP contribution in [0.5, 0.6) is 5.75 Å². The van der Waals surface area contributed by atoms with E-state index in [4.69, 9.17) is 27.9 Å². The second-order valence-corrected chi connectivity index (χ2v) is 6.56. The van der Waals surface area contributed by atoms with Crippen molar-refractivity contribution in [2.75, 3.05) is 19.7 Å². The van der Waals surface area contributed by atoms with E-state index in [1.54, 1.807) is 6.07 Å². The molecule has 2 aliphatic rings. The molecule has 4 nitrogen and oxygen atoms in total. The fourth-order valence-corrected chi connectivity index (χ4v) is 3.64. The molecule has 1 aromatic carbocycles. The Morgan fingerprint density at radius 2 is 2.18 bits per heavy atom. The summed E-state index contributed by atoms with van der Waals surface area (Å²) in [6.07, 6.45) is 4.71. The number of carbonyl (C=O) groups is 1. The summed E-state index contributed by atoms with van der Waals surface area (Å²) in [7, 11) is 0. The van der Waals surface area contributed by atoms with Gasteiger partial charge in [0.2, 0.25) is 0 Å². The van der Waals surface area contributed by atoms with E-state index in [1.807, 2.05) is 17.0 Å². The highest BCUT2D eigenvalue weighted by molar-refractivity contribution is 6.36. The maximum absolute atomic E-state index is 11.4. The van der Waals surface area contributed by atoms with Crippen LogP contribution in [0, 0.1) is 0 Å². The normalized spacial score (nSPS) is 21.7. The molecule has 2 heterocycles. The van der Waals surface area contributed by atoms with Crippen molar-refractivity contribution < 1.29 is 14.6 Å². The molecule has 2 aliphatic heterocycles. The van der Waals surface area contributed by atoms with Crippen LogP contribution in [0.1, 0.15) is 24.8 Å². The Labute approximate surface area is 139 Å². The summed E-state index contributed by atoms with van der Waals surface area (Å²) < 4.78 is 5.73. The first-order valence-corrected chi connectivity index (χ1v) is 8.08. The van der Waals surface area contributed by atoms with E-state index in [-0.39, 0.29) is 0 Å². The molecule has 0 saturated carbocycles. The van der Waals surface area contributed by atoms with Gasteiger partial charge < -0.3 is 9.84 Å². The number of nitrogens with zero attached hydrogens (tertiary/aromatic N) is 1. The molecule has 118 valence electrons.